The van der Waals surface area contributed by atoms with E-state index < -0.39 is 0 Å². The second-order valence-electron chi connectivity index (χ2n) is 4.43. The quantitative estimate of drug-likeness (QED) is 0.826. The molecule has 0 unspecified atom stereocenters. The molecule has 1 saturated carbocycles. The molecule has 0 spiro atoms. The van der Waals surface area contributed by atoms with E-state index in [9.17, 15) is 0 Å². The molecule has 2 nitrogen and oxygen atoms in total. The summed E-state index contributed by atoms with van der Waals surface area (Å²) >= 11 is 0. The Hall–Kier alpha value is -0.860. The van der Waals surface area contributed by atoms with Crippen molar-refractivity contribution < 1.29 is 4.74 Å². The lowest BCUT2D eigenvalue weighted by atomic mass is 10.2. The van der Waals surface area contributed by atoms with Crippen molar-refractivity contribution in [3.63, 3.8) is 0 Å². The number of nitrogens with two attached hydrogens (primary N) is 1. The molecule has 0 amide bonds. The van der Waals surface area contributed by atoms with E-state index in [2.05, 4.69) is 6.92 Å². The molecule has 84 valence electrons. The van der Waals surface area contributed by atoms with Crippen LogP contribution in [0.4, 0.5) is 0 Å². The molecule has 0 atom stereocenters. The van der Waals surface area contributed by atoms with Crippen molar-refractivity contribution >= 4 is 0 Å². The minimum absolute atomic E-state index is 0.578. The average molecular weight is 207 g/mol. The highest BCUT2D eigenvalue weighted by Crippen LogP contribution is 2.44. The molecule has 1 aliphatic rings. The molecule has 0 heterocycles. The molecule has 2 rings (SSSR count). The van der Waals surface area contributed by atoms with Gasteiger partial charge in [0.2, 0.25) is 0 Å². The summed E-state index contributed by atoms with van der Waals surface area (Å²) in [6, 6.07) is 9.99. The molecule has 0 aliphatic heterocycles. The minimum Gasteiger partial charge on any atom is -0.384 e. The molecular formula is C13H21NO. The molecule has 1 aromatic rings. The van der Waals surface area contributed by atoms with Gasteiger partial charge in [-0.15, -0.1) is 0 Å². The maximum Gasteiger partial charge on any atom is 0.0516 e. The van der Waals surface area contributed by atoms with E-state index in [1.807, 2.05) is 30.3 Å². The van der Waals surface area contributed by atoms with Gasteiger partial charge >= 0.3 is 0 Å². The number of hydrogen-bond acceptors (Lipinski definition) is 2. The topological polar surface area (TPSA) is 35.2 Å². The van der Waals surface area contributed by atoms with Gasteiger partial charge in [0.05, 0.1) is 6.61 Å². The third-order valence-electron chi connectivity index (χ3n) is 2.67. The maximum atomic E-state index is 5.35. The zero-order valence-corrected chi connectivity index (χ0v) is 9.70. The summed E-state index contributed by atoms with van der Waals surface area (Å²) < 4.78 is 4.97. The van der Waals surface area contributed by atoms with Crippen LogP contribution >= 0.6 is 0 Å². The average Bonchev–Trinajstić information content (AvgIpc) is 2.99. The molecule has 1 aromatic carbocycles. The number of ether oxygens (including phenoxy) is 1. The largest absolute Gasteiger partial charge is 0.384 e. The smallest absolute Gasteiger partial charge is 0.0516 e. The Labute approximate surface area is 92.4 Å². The SMILES string of the molecule is COCC1(C)CC1.NCc1ccccc1. The second-order valence-corrected chi connectivity index (χ2v) is 4.43. The van der Waals surface area contributed by atoms with Gasteiger partial charge in [-0.1, -0.05) is 37.3 Å². The summed E-state index contributed by atoms with van der Waals surface area (Å²) in [4.78, 5) is 0. The third-order valence-corrected chi connectivity index (χ3v) is 2.67. The van der Waals surface area contributed by atoms with Gasteiger partial charge in [0.1, 0.15) is 0 Å². The Balaban J connectivity index is 0.000000151. The predicted molar refractivity (Wildman–Crippen MR) is 63.6 cm³/mol. The first kappa shape index (κ1) is 12.2. The molecule has 0 aromatic heterocycles. The molecule has 15 heavy (non-hydrogen) atoms. The fourth-order valence-corrected chi connectivity index (χ4v) is 1.32. The summed E-state index contributed by atoms with van der Waals surface area (Å²) in [5.41, 5.74) is 7.12. The lowest BCUT2D eigenvalue weighted by Crippen LogP contribution is -2.01. The van der Waals surface area contributed by atoms with Crippen LogP contribution in [0.25, 0.3) is 0 Å². The van der Waals surface area contributed by atoms with Gasteiger partial charge in [-0.2, -0.15) is 0 Å². The van der Waals surface area contributed by atoms with Crippen molar-refractivity contribution in [3.8, 4) is 0 Å². The van der Waals surface area contributed by atoms with E-state index in [1.165, 1.54) is 18.4 Å². The Morgan fingerprint density at radius 2 is 1.87 bits per heavy atom. The van der Waals surface area contributed by atoms with Crippen molar-refractivity contribution in [1.82, 2.24) is 0 Å². The van der Waals surface area contributed by atoms with Crippen molar-refractivity contribution in [2.24, 2.45) is 11.1 Å². The molecule has 0 saturated heterocycles. The van der Waals surface area contributed by atoms with Crippen LogP contribution in [0.3, 0.4) is 0 Å². The van der Waals surface area contributed by atoms with Gasteiger partial charge in [0, 0.05) is 13.7 Å². The summed E-state index contributed by atoms with van der Waals surface area (Å²) in [5.74, 6) is 0. The Bertz CT molecular complexity index is 267. The highest BCUT2D eigenvalue weighted by atomic mass is 16.5. The number of methoxy groups -OCH3 is 1. The first-order chi connectivity index (χ1) is 7.20. The van der Waals surface area contributed by atoms with Gasteiger partial charge in [0.25, 0.3) is 0 Å². The number of benzene rings is 1. The van der Waals surface area contributed by atoms with E-state index in [-0.39, 0.29) is 0 Å². The van der Waals surface area contributed by atoms with Gasteiger partial charge in [-0.05, 0) is 23.8 Å². The van der Waals surface area contributed by atoms with E-state index >= 15 is 0 Å². The van der Waals surface area contributed by atoms with Gasteiger partial charge in [-0.3, -0.25) is 0 Å². The van der Waals surface area contributed by atoms with E-state index in [4.69, 9.17) is 10.5 Å². The van der Waals surface area contributed by atoms with Crippen LogP contribution in [-0.2, 0) is 11.3 Å². The van der Waals surface area contributed by atoms with Crippen LogP contribution in [0.1, 0.15) is 25.3 Å². The maximum absolute atomic E-state index is 5.35. The fourth-order valence-electron chi connectivity index (χ4n) is 1.32. The van der Waals surface area contributed by atoms with E-state index in [0.717, 1.165) is 6.61 Å². The van der Waals surface area contributed by atoms with Crippen molar-refractivity contribution in [2.75, 3.05) is 13.7 Å². The first-order valence-corrected chi connectivity index (χ1v) is 5.43. The standard InChI is InChI=1S/C7H9N.C6H12O/c8-6-7-4-2-1-3-5-7;1-6(3-4-6)5-7-2/h1-5H,6,8H2;3-5H2,1-2H3. The lowest BCUT2D eigenvalue weighted by molar-refractivity contribution is 0.150. The molecule has 2 N–H and O–H groups in total. The zero-order valence-electron chi connectivity index (χ0n) is 9.70. The van der Waals surface area contributed by atoms with Crippen LogP contribution in [0.5, 0.6) is 0 Å². The van der Waals surface area contributed by atoms with Crippen molar-refractivity contribution in [3.05, 3.63) is 35.9 Å². The Morgan fingerprint density at radius 1 is 1.27 bits per heavy atom. The minimum atomic E-state index is 0.578. The van der Waals surface area contributed by atoms with Crippen molar-refractivity contribution in [1.29, 1.82) is 0 Å². The summed E-state index contributed by atoms with van der Waals surface area (Å²) in [6.07, 6.45) is 2.72. The van der Waals surface area contributed by atoms with Crippen molar-refractivity contribution in [2.45, 2.75) is 26.3 Å². The summed E-state index contributed by atoms with van der Waals surface area (Å²) in [5, 5.41) is 0. The Morgan fingerprint density at radius 3 is 2.13 bits per heavy atom. The highest BCUT2D eigenvalue weighted by molar-refractivity contribution is 5.13. The fraction of sp³-hybridized carbons (Fsp3) is 0.538. The molecule has 0 bridgehead atoms. The normalized spacial score (nSPS) is 16.5. The van der Waals surface area contributed by atoms with Crippen LogP contribution in [0, 0.1) is 5.41 Å². The Kier molecular flexibility index (Phi) is 4.79. The molecule has 1 fully saturated rings. The number of hydrogen-bond donors (Lipinski definition) is 1. The zero-order chi connectivity index (χ0) is 11.1. The van der Waals surface area contributed by atoms with Gasteiger partial charge < -0.3 is 10.5 Å². The first-order valence-electron chi connectivity index (χ1n) is 5.43. The third kappa shape index (κ3) is 4.96. The number of rotatable bonds is 3. The summed E-state index contributed by atoms with van der Waals surface area (Å²) in [7, 11) is 1.77. The molecular weight excluding hydrogens is 186 g/mol. The monoisotopic (exact) mass is 207 g/mol. The summed E-state index contributed by atoms with van der Waals surface area (Å²) in [6.45, 7) is 3.85. The van der Waals surface area contributed by atoms with Gasteiger partial charge in [0.15, 0.2) is 0 Å². The van der Waals surface area contributed by atoms with Crippen LogP contribution < -0.4 is 5.73 Å². The molecule has 2 heteroatoms. The second kappa shape index (κ2) is 5.89. The molecule has 1 aliphatic carbocycles. The molecule has 0 radical (unpaired) electrons. The predicted octanol–water partition coefficient (Wildman–Crippen LogP) is 2.58. The highest BCUT2D eigenvalue weighted by Gasteiger charge is 2.36. The van der Waals surface area contributed by atoms with E-state index in [1.54, 1.807) is 7.11 Å². The van der Waals surface area contributed by atoms with Crippen LogP contribution in [-0.4, -0.2) is 13.7 Å². The van der Waals surface area contributed by atoms with Crippen LogP contribution in [0.15, 0.2) is 30.3 Å². The van der Waals surface area contributed by atoms with Gasteiger partial charge in [-0.25, -0.2) is 0 Å². The van der Waals surface area contributed by atoms with E-state index in [0.29, 0.717) is 12.0 Å². The lowest BCUT2D eigenvalue weighted by Gasteiger charge is -2.02. The van der Waals surface area contributed by atoms with Crippen LogP contribution in [0.2, 0.25) is 0 Å².